The normalized spacial score (nSPS) is 12.7. The van der Waals surface area contributed by atoms with E-state index >= 15 is 0 Å². The summed E-state index contributed by atoms with van der Waals surface area (Å²) in [5, 5.41) is 2.79. The molecule has 0 aromatic heterocycles. The molecule has 0 aliphatic carbocycles. The first-order valence-electron chi connectivity index (χ1n) is 7.52. The largest absolute Gasteiger partial charge is 0.322 e. The molecule has 0 saturated heterocycles. The molecule has 2 rings (SSSR count). The first-order valence-corrected chi connectivity index (χ1v) is 9.42. The van der Waals surface area contributed by atoms with Crippen molar-refractivity contribution >= 4 is 21.4 Å². The van der Waals surface area contributed by atoms with Crippen LogP contribution in [0.15, 0.2) is 53.4 Å². The molecule has 1 N–H and O–H groups in total. The monoisotopic (exact) mass is 331 g/mol. The minimum atomic E-state index is -3.33. The molecule has 0 spiro atoms. The third kappa shape index (κ3) is 4.42. The first kappa shape index (κ1) is 17.2. The molecule has 0 aliphatic heterocycles. The summed E-state index contributed by atoms with van der Waals surface area (Å²) in [6, 6.07) is 13.7. The molecule has 0 fully saturated rings. The van der Waals surface area contributed by atoms with E-state index in [0.717, 1.165) is 12.7 Å². The average molecular weight is 331 g/mol. The standard InChI is InChI=1S/C18H21NO3S/c1-4-13(2)14-8-10-16(11-9-14)19-18(20)15-6-5-7-17(12-15)23(3,21)22/h5-13H,4H2,1-3H3,(H,19,20). The molecule has 0 bridgehead atoms. The van der Waals surface area contributed by atoms with E-state index in [0.29, 0.717) is 17.2 Å². The predicted molar refractivity (Wildman–Crippen MR) is 92.7 cm³/mol. The van der Waals surface area contributed by atoms with Crippen LogP contribution in [0, 0.1) is 0 Å². The highest BCUT2D eigenvalue weighted by Gasteiger charge is 2.12. The zero-order valence-electron chi connectivity index (χ0n) is 13.5. The fourth-order valence-corrected chi connectivity index (χ4v) is 2.87. The number of rotatable bonds is 5. The zero-order chi connectivity index (χ0) is 17.0. The summed E-state index contributed by atoms with van der Waals surface area (Å²) in [5.74, 6) is 0.151. The summed E-state index contributed by atoms with van der Waals surface area (Å²) in [6.07, 6.45) is 2.18. The van der Waals surface area contributed by atoms with Crippen LogP contribution in [-0.4, -0.2) is 20.6 Å². The summed E-state index contributed by atoms with van der Waals surface area (Å²) in [4.78, 5) is 12.4. The molecule has 5 heteroatoms. The summed E-state index contributed by atoms with van der Waals surface area (Å²) >= 11 is 0. The molecule has 1 atom stereocenters. The summed E-state index contributed by atoms with van der Waals surface area (Å²) in [5.41, 5.74) is 2.23. The topological polar surface area (TPSA) is 63.2 Å². The molecule has 1 unspecified atom stereocenters. The summed E-state index contributed by atoms with van der Waals surface area (Å²) < 4.78 is 23.1. The molecule has 0 aliphatic rings. The molecule has 0 saturated carbocycles. The lowest BCUT2D eigenvalue weighted by atomic mass is 9.98. The molecule has 0 heterocycles. The molecular weight excluding hydrogens is 310 g/mol. The Labute approximate surface area is 137 Å². The summed E-state index contributed by atoms with van der Waals surface area (Å²) in [7, 11) is -3.33. The highest BCUT2D eigenvalue weighted by Crippen LogP contribution is 2.21. The van der Waals surface area contributed by atoms with Crippen molar-refractivity contribution in [3.8, 4) is 0 Å². The van der Waals surface area contributed by atoms with Crippen LogP contribution in [0.3, 0.4) is 0 Å². The van der Waals surface area contributed by atoms with Gasteiger partial charge in [-0.25, -0.2) is 8.42 Å². The fraction of sp³-hybridized carbons (Fsp3) is 0.278. The van der Waals surface area contributed by atoms with Gasteiger partial charge in [0.2, 0.25) is 0 Å². The van der Waals surface area contributed by atoms with E-state index in [4.69, 9.17) is 0 Å². The van der Waals surface area contributed by atoms with Gasteiger partial charge >= 0.3 is 0 Å². The van der Waals surface area contributed by atoms with E-state index in [9.17, 15) is 13.2 Å². The lowest BCUT2D eigenvalue weighted by Crippen LogP contribution is -2.12. The van der Waals surface area contributed by atoms with Crippen LogP contribution in [0.2, 0.25) is 0 Å². The average Bonchev–Trinajstić information content (AvgIpc) is 2.54. The van der Waals surface area contributed by atoms with Crippen molar-refractivity contribution in [2.45, 2.75) is 31.1 Å². The number of nitrogens with one attached hydrogen (secondary N) is 1. The number of hydrogen-bond donors (Lipinski definition) is 1. The maximum Gasteiger partial charge on any atom is 0.255 e. The highest BCUT2D eigenvalue weighted by atomic mass is 32.2. The molecule has 4 nitrogen and oxygen atoms in total. The van der Waals surface area contributed by atoms with Crippen molar-refractivity contribution in [2.24, 2.45) is 0 Å². The zero-order valence-corrected chi connectivity index (χ0v) is 14.4. The van der Waals surface area contributed by atoms with Crippen molar-refractivity contribution in [2.75, 3.05) is 11.6 Å². The van der Waals surface area contributed by atoms with Crippen molar-refractivity contribution < 1.29 is 13.2 Å². The Morgan fingerprint density at radius 3 is 2.35 bits per heavy atom. The van der Waals surface area contributed by atoms with E-state index in [-0.39, 0.29) is 10.8 Å². The van der Waals surface area contributed by atoms with E-state index < -0.39 is 9.84 Å². The van der Waals surface area contributed by atoms with Crippen molar-refractivity contribution in [3.05, 3.63) is 59.7 Å². The van der Waals surface area contributed by atoms with Crippen molar-refractivity contribution in [1.29, 1.82) is 0 Å². The van der Waals surface area contributed by atoms with Crippen molar-refractivity contribution in [3.63, 3.8) is 0 Å². The molecular formula is C18H21NO3S. The molecule has 23 heavy (non-hydrogen) atoms. The number of hydrogen-bond acceptors (Lipinski definition) is 3. The van der Waals surface area contributed by atoms with E-state index in [1.54, 1.807) is 12.1 Å². The number of carbonyl (C=O) groups excluding carboxylic acids is 1. The minimum absolute atomic E-state index is 0.136. The predicted octanol–water partition coefficient (Wildman–Crippen LogP) is 3.86. The molecule has 2 aromatic rings. The van der Waals surface area contributed by atoms with Gasteiger partial charge in [0.15, 0.2) is 9.84 Å². The van der Waals surface area contributed by atoms with Gasteiger partial charge in [-0.15, -0.1) is 0 Å². The number of amides is 1. The second-order valence-electron chi connectivity index (χ2n) is 5.69. The number of sulfone groups is 1. The fourth-order valence-electron chi connectivity index (χ4n) is 2.20. The van der Waals surface area contributed by atoms with Gasteiger partial charge in [0.05, 0.1) is 4.90 Å². The van der Waals surface area contributed by atoms with Gasteiger partial charge in [-0.05, 0) is 48.2 Å². The maximum absolute atomic E-state index is 12.3. The van der Waals surface area contributed by atoms with Crippen LogP contribution in [0.25, 0.3) is 0 Å². The second kappa shape index (κ2) is 6.96. The quantitative estimate of drug-likeness (QED) is 0.905. The maximum atomic E-state index is 12.3. The van der Waals surface area contributed by atoms with Gasteiger partial charge in [-0.1, -0.05) is 32.0 Å². The Bertz CT molecular complexity index is 795. The molecule has 2 aromatic carbocycles. The van der Waals surface area contributed by atoms with E-state index in [1.165, 1.54) is 17.7 Å². The first-order chi connectivity index (χ1) is 10.8. The van der Waals surface area contributed by atoms with Gasteiger partial charge in [0.25, 0.3) is 5.91 Å². The molecule has 122 valence electrons. The van der Waals surface area contributed by atoms with E-state index in [2.05, 4.69) is 19.2 Å². The highest BCUT2D eigenvalue weighted by molar-refractivity contribution is 7.90. The lowest BCUT2D eigenvalue weighted by Gasteiger charge is -2.11. The number of benzene rings is 2. The second-order valence-corrected chi connectivity index (χ2v) is 7.70. The smallest absolute Gasteiger partial charge is 0.255 e. The summed E-state index contributed by atoms with van der Waals surface area (Å²) in [6.45, 7) is 4.29. The third-order valence-corrected chi connectivity index (χ3v) is 4.98. The Morgan fingerprint density at radius 2 is 1.78 bits per heavy atom. The minimum Gasteiger partial charge on any atom is -0.322 e. The third-order valence-electron chi connectivity index (χ3n) is 3.87. The Morgan fingerprint density at radius 1 is 1.13 bits per heavy atom. The lowest BCUT2D eigenvalue weighted by molar-refractivity contribution is 0.102. The number of carbonyl (C=O) groups is 1. The van der Waals surface area contributed by atoms with Gasteiger partial charge in [-0.2, -0.15) is 0 Å². The van der Waals surface area contributed by atoms with Crippen molar-refractivity contribution in [1.82, 2.24) is 0 Å². The van der Waals surface area contributed by atoms with Gasteiger partial charge in [-0.3, -0.25) is 4.79 Å². The van der Waals surface area contributed by atoms with Crippen LogP contribution >= 0.6 is 0 Å². The molecule has 0 radical (unpaired) electrons. The van der Waals surface area contributed by atoms with Gasteiger partial charge in [0.1, 0.15) is 0 Å². The van der Waals surface area contributed by atoms with Gasteiger partial charge in [0, 0.05) is 17.5 Å². The van der Waals surface area contributed by atoms with Gasteiger partial charge < -0.3 is 5.32 Å². The Kier molecular flexibility index (Phi) is 5.21. The van der Waals surface area contributed by atoms with Crippen LogP contribution in [0.4, 0.5) is 5.69 Å². The van der Waals surface area contributed by atoms with Crippen LogP contribution < -0.4 is 5.32 Å². The molecule has 1 amide bonds. The Balaban J connectivity index is 2.16. The van der Waals surface area contributed by atoms with Crippen LogP contribution in [-0.2, 0) is 9.84 Å². The number of anilines is 1. The SMILES string of the molecule is CCC(C)c1ccc(NC(=O)c2cccc(S(C)(=O)=O)c2)cc1. The van der Waals surface area contributed by atoms with E-state index in [1.807, 2.05) is 24.3 Å². The van der Waals surface area contributed by atoms with Crippen LogP contribution in [0.5, 0.6) is 0 Å². The Hall–Kier alpha value is -2.14. The van der Waals surface area contributed by atoms with Crippen LogP contribution in [0.1, 0.15) is 42.1 Å².